The number of ether oxygens (including phenoxy) is 1. The van der Waals surface area contributed by atoms with Gasteiger partial charge in [-0.1, -0.05) is 11.8 Å². The molecule has 1 amide bonds. The molecule has 0 spiro atoms. The van der Waals surface area contributed by atoms with Gasteiger partial charge in [0, 0.05) is 24.0 Å². The lowest BCUT2D eigenvalue weighted by atomic mass is 10.3. The number of aromatic nitrogens is 3. The molecule has 1 aliphatic carbocycles. The van der Waals surface area contributed by atoms with Crippen LogP contribution in [0.2, 0.25) is 0 Å². The largest absolute Gasteiger partial charge is 0.378 e. The van der Waals surface area contributed by atoms with Crippen LogP contribution in [0.25, 0.3) is 0 Å². The van der Waals surface area contributed by atoms with Gasteiger partial charge in [0.25, 0.3) is 0 Å². The van der Waals surface area contributed by atoms with Gasteiger partial charge in [-0.05, 0) is 31.9 Å². The van der Waals surface area contributed by atoms with Crippen molar-refractivity contribution in [2.75, 3.05) is 32.1 Å². The second-order valence-corrected chi connectivity index (χ2v) is 8.89. The molecule has 3 heterocycles. The molecule has 1 saturated carbocycles. The fourth-order valence-electron chi connectivity index (χ4n) is 3.10. The molecule has 2 fully saturated rings. The lowest BCUT2D eigenvalue weighted by Gasteiger charge is -2.26. The van der Waals surface area contributed by atoms with Crippen LogP contribution < -0.4 is 0 Å². The second-order valence-electron chi connectivity index (χ2n) is 6.78. The molecule has 0 bridgehead atoms. The van der Waals surface area contributed by atoms with Crippen LogP contribution in [-0.4, -0.2) is 63.4 Å². The molecule has 0 radical (unpaired) electrons. The SMILES string of the molecule is Cc1nnc(SCC(=O)c2ccc(CC(=O)N3CCOCC3)s2)n1C1CC1. The Hall–Kier alpha value is -1.71. The Morgan fingerprint density at radius 1 is 1.26 bits per heavy atom. The molecule has 144 valence electrons. The zero-order valence-electron chi connectivity index (χ0n) is 15.2. The van der Waals surface area contributed by atoms with E-state index in [0.29, 0.717) is 49.4 Å². The highest BCUT2D eigenvalue weighted by Crippen LogP contribution is 2.38. The van der Waals surface area contributed by atoms with E-state index in [2.05, 4.69) is 14.8 Å². The Morgan fingerprint density at radius 2 is 2.04 bits per heavy atom. The van der Waals surface area contributed by atoms with Gasteiger partial charge in [0.15, 0.2) is 10.9 Å². The monoisotopic (exact) mass is 406 g/mol. The maximum absolute atomic E-state index is 12.5. The van der Waals surface area contributed by atoms with Crippen LogP contribution in [0.15, 0.2) is 17.3 Å². The first kappa shape index (κ1) is 18.6. The second kappa shape index (κ2) is 8.12. The zero-order chi connectivity index (χ0) is 18.8. The summed E-state index contributed by atoms with van der Waals surface area (Å²) >= 11 is 2.85. The summed E-state index contributed by atoms with van der Waals surface area (Å²) in [7, 11) is 0. The number of amides is 1. The summed E-state index contributed by atoms with van der Waals surface area (Å²) in [6.07, 6.45) is 2.66. The average molecular weight is 407 g/mol. The average Bonchev–Trinajstić information content (AvgIpc) is 3.29. The fraction of sp³-hybridized carbons (Fsp3) is 0.556. The molecule has 1 aliphatic heterocycles. The van der Waals surface area contributed by atoms with E-state index in [9.17, 15) is 9.59 Å². The number of Topliss-reactive ketones (excluding diaryl/α,β-unsaturated/α-hetero) is 1. The molecule has 1 saturated heterocycles. The van der Waals surface area contributed by atoms with Crippen LogP contribution in [0.1, 0.15) is 39.3 Å². The van der Waals surface area contributed by atoms with Gasteiger partial charge < -0.3 is 14.2 Å². The standard InChI is InChI=1S/C18H22N4O3S2/c1-12-19-20-18(22(12)13-2-3-13)26-11-15(23)16-5-4-14(27-16)10-17(24)21-6-8-25-9-7-21/h4-5,13H,2-3,6-11H2,1H3. The normalized spacial score (nSPS) is 17.3. The van der Waals surface area contributed by atoms with Crippen LogP contribution in [0, 0.1) is 6.92 Å². The molecule has 9 heteroatoms. The predicted octanol–water partition coefficient (Wildman–Crippen LogP) is 2.36. The van der Waals surface area contributed by atoms with Gasteiger partial charge >= 0.3 is 0 Å². The molecule has 0 atom stereocenters. The number of hydrogen-bond acceptors (Lipinski definition) is 7. The Bertz CT molecular complexity index is 838. The van der Waals surface area contributed by atoms with E-state index in [1.807, 2.05) is 24.0 Å². The van der Waals surface area contributed by atoms with Crippen molar-refractivity contribution in [3.8, 4) is 0 Å². The van der Waals surface area contributed by atoms with Crippen LogP contribution in [0.3, 0.4) is 0 Å². The smallest absolute Gasteiger partial charge is 0.227 e. The van der Waals surface area contributed by atoms with Gasteiger partial charge in [-0.2, -0.15) is 0 Å². The Balaban J connectivity index is 1.32. The molecule has 0 aromatic carbocycles. The molecular weight excluding hydrogens is 384 g/mol. The first-order chi connectivity index (χ1) is 13.1. The number of carbonyl (C=O) groups excluding carboxylic acids is 2. The molecule has 7 nitrogen and oxygen atoms in total. The number of thioether (sulfide) groups is 1. The number of hydrogen-bond donors (Lipinski definition) is 0. The lowest BCUT2D eigenvalue weighted by molar-refractivity contribution is -0.134. The third-order valence-corrected chi connectivity index (χ3v) is 6.77. The van der Waals surface area contributed by atoms with Crippen molar-refractivity contribution in [3.05, 3.63) is 27.7 Å². The molecule has 2 aromatic heterocycles. The van der Waals surface area contributed by atoms with E-state index in [0.717, 1.165) is 28.7 Å². The van der Waals surface area contributed by atoms with Crippen molar-refractivity contribution in [3.63, 3.8) is 0 Å². The molecule has 4 rings (SSSR count). The van der Waals surface area contributed by atoms with Crippen molar-refractivity contribution >= 4 is 34.8 Å². The van der Waals surface area contributed by atoms with Gasteiger partial charge in [0.1, 0.15) is 5.82 Å². The van der Waals surface area contributed by atoms with Gasteiger partial charge in [0.2, 0.25) is 5.91 Å². The van der Waals surface area contributed by atoms with Crippen LogP contribution in [0.5, 0.6) is 0 Å². The number of aryl methyl sites for hydroxylation is 1. The highest BCUT2D eigenvalue weighted by Gasteiger charge is 2.28. The van der Waals surface area contributed by atoms with E-state index >= 15 is 0 Å². The van der Waals surface area contributed by atoms with Crippen LogP contribution in [0.4, 0.5) is 0 Å². The number of rotatable bonds is 7. The number of carbonyl (C=O) groups is 2. The summed E-state index contributed by atoms with van der Waals surface area (Å²) in [6, 6.07) is 4.21. The summed E-state index contributed by atoms with van der Waals surface area (Å²) in [5.41, 5.74) is 0. The molecule has 0 N–H and O–H groups in total. The summed E-state index contributed by atoms with van der Waals surface area (Å²) < 4.78 is 7.42. The minimum atomic E-state index is 0.0677. The van der Waals surface area contributed by atoms with Crippen molar-refractivity contribution < 1.29 is 14.3 Å². The van der Waals surface area contributed by atoms with E-state index in [1.54, 1.807) is 0 Å². The third-order valence-electron chi connectivity index (χ3n) is 4.71. The molecule has 2 aliphatic rings. The van der Waals surface area contributed by atoms with Crippen molar-refractivity contribution in [1.29, 1.82) is 0 Å². The quantitative estimate of drug-likeness (QED) is 0.519. The number of ketones is 1. The van der Waals surface area contributed by atoms with Gasteiger partial charge in [-0.3, -0.25) is 9.59 Å². The van der Waals surface area contributed by atoms with Gasteiger partial charge in [0.05, 0.1) is 30.3 Å². The van der Waals surface area contributed by atoms with Gasteiger partial charge in [-0.15, -0.1) is 21.5 Å². The fourth-order valence-corrected chi connectivity index (χ4v) is 5.06. The van der Waals surface area contributed by atoms with Crippen LogP contribution >= 0.6 is 23.1 Å². The number of thiophene rings is 1. The van der Waals surface area contributed by atoms with E-state index in [1.165, 1.54) is 23.1 Å². The first-order valence-electron chi connectivity index (χ1n) is 9.13. The number of morpholine rings is 1. The Morgan fingerprint density at radius 3 is 2.78 bits per heavy atom. The van der Waals surface area contributed by atoms with Crippen molar-refractivity contribution in [2.45, 2.75) is 37.4 Å². The third kappa shape index (κ3) is 4.41. The highest BCUT2D eigenvalue weighted by molar-refractivity contribution is 7.99. The van der Waals surface area contributed by atoms with E-state index in [4.69, 9.17) is 4.74 Å². The maximum Gasteiger partial charge on any atom is 0.227 e. The zero-order valence-corrected chi connectivity index (χ0v) is 16.9. The van der Waals surface area contributed by atoms with E-state index in [-0.39, 0.29) is 11.7 Å². The molecule has 0 unspecified atom stereocenters. The van der Waals surface area contributed by atoms with Gasteiger partial charge in [-0.25, -0.2) is 0 Å². The topological polar surface area (TPSA) is 77.3 Å². The summed E-state index contributed by atoms with van der Waals surface area (Å²) in [5.74, 6) is 1.41. The summed E-state index contributed by atoms with van der Waals surface area (Å²) in [5, 5.41) is 9.17. The first-order valence-corrected chi connectivity index (χ1v) is 10.9. The molecular formula is C18H22N4O3S2. The molecule has 2 aromatic rings. The lowest BCUT2D eigenvalue weighted by Crippen LogP contribution is -2.41. The van der Waals surface area contributed by atoms with Crippen LogP contribution in [-0.2, 0) is 16.0 Å². The number of nitrogens with zero attached hydrogens (tertiary/aromatic N) is 4. The summed E-state index contributed by atoms with van der Waals surface area (Å²) in [6.45, 7) is 4.44. The Labute approximate surface area is 166 Å². The minimum Gasteiger partial charge on any atom is -0.378 e. The van der Waals surface area contributed by atoms with E-state index < -0.39 is 0 Å². The predicted molar refractivity (Wildman–Crippen MR) is 104 cm³/mol. The Kier molecular flexibility index (Phi) is 5.60. The highest BCUT2D eigenvalue weighted by atomic mass is 32.2. The summed E-state index contributed by atoms with van der Waals surface area (Å²) in [4.78, 5) is 28.3. The van der Waals surface area contributed by atoms with Crippen molar-refractivity contribution in [2.24, 2.45) is 0 Å². The minimum absolute atomic E-state index is 0.0677. The maximum atomic E-state index is 12.5. The van der Waals surface area contributed by atoms with Crippen molar-refractivity contribution in [1.82, 2.24) is 19.7 Å². The molecule has 27 heavy (non-hydrogen) atoms.